The first kappa shape index (κ1) is 18.3. The predicted molar refractivity (Wildman–Crippen MR) is 89.8 cm³/mol. The monoisotopic (exact) mass is 376 g/mol. The van der Waals surface area contributed by atoms with E-state index in [0.29, 0.717) is 18.2 Å². The van der Waals surface area contributed by atoms with Gasteiger partial charge in [-0.15, -0.1) is 12.4 Å². The van der Waals surface area contributed by atoms with Crippen molar-refractivity contribution in [2.45, 2.75) is 32.4 Å². The number of nitrogens with zero attached hydrogens (tertiary/aromatic N) is 1. The summed E-state index contributed by atoms with van der Waals surface area (Å²) in [4.78, 5) is 14.3. The standard InChI is InChI=1S/C15H21BrN2O2.ClH/c1-10-6-12(8-17)9-18(10)15(19)11(2)20-14-5-3-4-13(16)7-14;/h3-5,7,10-12H,6,8-9,17H2,1-2H3;1H. The number of benzene rings is 1. The summed E-state index contributed by atoms with van der Waals surface area (Å²) in [6, 6.07) is 7.77. The lowest BCUT2D eigenvalue weighted by Crippen LogP contribution is -2.42. The van der Waals surface area contributed by atoms with E-state index in [1.807, 2.05) is 29.2 Å². The van der Waals surface area contributed by atoms with E-state index < -0.39 is 6.10 Å². The van der Waals surface area contributed by atoms with Gasteiger partial charge in [0.25, 0.3) is 5.91 Å². The van der Waals surface area contributed by atoms with E-state index in [0.717, 1.165) is 17.4 Å². The van der Waals surface area contributed by atoms with Crippen LogP contribution in [0.25, 0.3) is 0 Å². The fourth-order valence-corrected chi connectivity index (χ4v) is 3.03. The van der Waals surface area contributed by atoms with Crippen molar-refractivity contribution in [2.24, 2.45) is 11.7 Å². The fraction of sp³-hybridized carbons (Fsp3) is 0.533. The number of ether oxygens (including phenoxy) is 1. The molecule has 2 rings (SSSR count). The minimum absolute atomic E-state index is 0. The summed E-state index contributed by atoms with van der Waals surface area (Å²) in [7, 11) is 0. The first-order valence-corrected chi connectivity index (χ1v) is 7.73. The number of rotatable bonds is 4. The largest absolute Gasteiger partial charge is 0.481 e. The minimum Gasteiger partial charge on any atom is -0.481 e. The number of hydrogen-bond acceptors (Lipinski definition) is 3. The van der Waals surface area contributed by atoms with Crippen molar-refractivity contribution < 1.29 is 9.53 Å². The molecule has 0 spiro atoms. The molecular formula is C15H22BrClN2O2. The number of nitrogens with two attached hydrogens (primary N) is 1. The Morgan fingerprint density at radius 3 is 2.86 bits per heavy atom. The average molecular weight is 378 g/mol. The van der Waals surface area contributed by atoms with Gasteiger partial charge >= 0.3 is 0 Å². The number of carbonyl (C=O) groups is 1. The minimum atomic E-state index is -0.483. The molecule has 0 aliphatic carbocycles. The summed E-state index contributed by atoms with van der Waals surface area (Å²) in [6.07, 6.45) is 0.495. The summed E-state index contributed by atoms with van der Waals surface area (Å²) >= 11 is 3.39. The van der Waals surface area contributed by atoms with Crippen molar-refractivity contribution >= 4 is 34.2 Å². The normalized spacial score (nSPS) is 22.6. The smallest absolute Gasteiger partial charge is 0.263 e. The molecule has 3 unspecified atom stereocenters. The molecule has 1 heterocycles. The van der Waals surface area contributed by atoms with Crippen LogP contribution >= 0.6 is 28.3 Å². The van der Waals surface area contributed by atoms with Gasteiger partial charge in [-0.3, -0.25) is 4.79 Å². The summed E-state index contributed by atoms with van der Waals surface area (Å²) < 4.78 is 6.67. The highest BCUT2D eigenvalue weighted by atomic mass is 79.9. The molecule has 0 bridgehead atoms. The molecule has 0 radical (unpaired) electrons. The van der Waals surface area contributed by atoms with E-state index >= 15 is 0 Å². The van der Waals surface area contributed by atoms with E-state index in [9.17, 15) is 4.79 Å². The zero-order valence-corrected chi connectivity index (χ0v) is 14.7. The Labute approximate surface area is 140 Å². The molecule has 2 N–H and O–H groups in total. The van der Waals surface area contributed by atoms with Crippen LogP contribution in [0, 0.1) is 5.92 Å². The first-order valence-electron chi connectivity index (χ1n) is 6.94. The SMILES string of the molecule is CC(Oc1cccc(Br)c1)C(=O)N1CC(CN)CC1C.Cl. The summed E-state index contributed by atoms with van der Waals surface area (Å²) in [5.74, 6) is 1.14. The van der Waals surface area contributed by atoms with Gasteiger partial charge in [-0.05, 0) is 50.9 Å². The van der Waals surface area contributed by atoms with Crippen LogP contribution in [0.4, 0.5) is 0 Å². The van der Waals surface area contributed by atoms with Crippen LogP contribution in [-0.2, 0) is 4.79 Å². The molecule has 0 saturated carbocycles. The Balaban J connectivity index is 0.00000220. The van der Waals surface area contributed by atoms with Gasteiger partial charge < -0.3 is 15.4 Å². The molecular weight excluding hydrogens is 356 g/mol. The number of likely N-dealkylation sites (tertiary alicyclic amines) is 1. The molecule has 1 aromatic rings. The fourth-order valence-electron chi connectivity index (χ4n) is 2.65. The summed E-state index contributed by atoms with van der Waals surface area (Å²) in [6.45, 7) is 5.24. The maximum atomic E-state index is 12.5. The second kappa shape index (κ2) is 8.01. The van der Waals surface area contributed by atoms with Crippen molar-refractivity contribution in [1.82, 2.24) is 4.90 Å². The maximum absolute atomic E-state index is 12.5. The zero-order valence-electron chi connectivity index (χ0n) is 12.3. The van der Waals surface area contributed by atoms with Crippen molar-refractivity contribution in [3.05, 3.63) is 28.7 Å². The molecule has 1 aromatic carbocycles. The van der Waals surface area contributed by atoms with Gasteiger partial charge in [0.1, 0.15) is 5.75 Å². The Morgan fingerprint density at radius 1 is 1.57 bits per heavy atom. The third-order valence-corrected chi connectivity index (χ3v) is 4.23. The van der Waals surface area contributed by atoms with Crippen molar-refractivity contribution in [3.8, 4) is 5.75 Å². The highest BCUT2D eigenvalue weighted by molar-refractivity contribution is 9.10. The van der Waals surface area contributed by atoms with Gasteiger partial charge in [0, 0.05) is 17.1 Å². The number of amides is 1. The lowest BCUT2D eigenvalue weighted by atomic mass is 10.1. The molecule has 1 aliphatic rings. The van der Waals surface area contributed by atoms with Gasteiger partial charge in [0.15, 0.2) is 6.10 Å². The number of halogens is 2. The molecule has 1 fully saturated rings. The second-order valence-corrected chi connectivity index (χ2v) is 6.31. The van der Waals surface area contributed by atoms with Crippen molar-refractivity contribution in [1.29, 1.82) is 0 Å². The van der Waals surface area contributed by atoms with Crippen molar-refractivity contribution in [3.63, 3.8) is 0 Å². The second-order valence-electron chi connectivity index (χ2n) is 5.39. The van der Waals surface area contributed by atoms with E-state index in [-0.39, 0.29) is 24.4 Å². The van der Waals surface area contributed by atoms with E-state index in [4.69, 9.17) is 10.5 Å². The van der Waals surface area contributed by atoms with Crippen LogP contribution in [0.15, 0.2) is 28.7 Å². The molecule has 4 nitrogen and oxygen atoms in total. The Kier molecular flexibility index (Phi) is 6.97. The van der Waals surface area contributed by atoms with Crippen LogP contribution in [-0.4, -0.2) is 36.0 Å². The lowest BCUT2D eigenvalue weighted by molar-refractivity contribution is -0.138. The van der Waals surface area contributed by atoms with Gasteiger partial charge in [0.2, 0.25) is 0 Å². The van der Waals surface area contributed by atoms with Crippen LogP contribution in [0.5, 0.6) is 5.75 Å². The quantitative estimate of drug-likeness (QED) is 0.878. The van der Waals surface area contributed by atoms with Crippen LogP contribution in [0.2, 0.25) is 0 Å². The lowest BCUT2D eigenvalue weighted by Gasteiger charge is -2.25. The molecule has 3 atom stereocenters. The van der Waals surface area contributed by atoms with E-state index in [1.165, 1.54) is 0 Å². The zero-order chi connectivity index (χ0) is 14.7. The predicted octanol–water partition coefficient (Wildman–Crippen LogP) is 2.83. The summed E-state index contributed by atoms with van der Waals surface area (Å²) in [5.41, 5.74) is 5.70. The highest BCUT2D eigenvalue weighted by Gasteiger charge is 2.34. The molecule has 21 heavy (non-hydrogen) atoms. The average Bonchev–Trinajstić information content (AvgIpc) is 2.79. The third-order valence-electron chi connectivity index (χ3n) is 3.73. The summed E-state index contributed by atoms with van der Waals surface area (Å²) in [5, 5.41) is 0. The third kappa shape index (κ3) is 4.59. The molecule has 1 aliphatic heterocycles. The molecule has 1 amide bonds. The van der Waals surface area contributed by atoms with Gasteiger partial charge in [-0.1, -0.05) is 22.0 Å². The van der Waals surface area contributed by atoms with Gasteiger partial charge in [-0.2, -0.15) is 0 Å². The Morgan fingerprint density at radius 2 is 2.29 bits per heavy atom. The number of hydrogen-bond donors (Lipinski definition) is 1. The topological polar surface area (TPSA) is 55.6 Å². The molecule has 1 saturated heterocycles. The van der Waals surface area contributed by atoms with Crippen LogP contribution < -0.4 is 10.5 Å². The Hall–Kier alpha value is -0.780. The maximum Gasteiger partial charge on any atom is 0.263 e. The van der Waals surface area contributed by atoms with Gasteiger partial charge in [0.05, 0.1) is 0 Å². The highest BCUT2D eigenvalue weighted by Crippen LogP contribution is 2.24. The molecule has 6 heteroatoms. The number of carbonyl (C=O) groups excluding carboxylic acids is 1. The van der Waals surface area contributed by atoms with Crippen LogP contribution in [0.3, 0.4) is 0 Å². The first-order chi connectivity index (χ1) is 9.51. The van der Waals surface area contributed by atoms with Gasteiger partial charge in [-0.25, -0.2) is 0 Å². The molecule has 118 valence electrons. The van der Waals surface area contributed by atoms with E-state index in [2.05, 4.69) is 22.9 Å². The molecule has 0 aromatic heterocycles. The Bertz CT molecular complexity index is 486. The van der Waals surface area contributed by atoms with E-state index in [1.54, 1.807) is 6.92 Å². The van der Waals surface area contributed by atoms with Crippen molar-refractivity contribution in [2.75, 3.05) is 13.1 Å². The van der Waals surface area contributed by atoms with Crippen LogP contribution in [0.1, 0.15) is 20.3 Å².